The molecule has 32 heavy (non-hydrogen) atoms. The highest BCUT2D eigenvalue weighted by Crippen LogP contribution is 2.19. The summed E-state index contributed by atoms with van der Waals surface area (Å²) < 4.78 is 1.51. The first-order chi connectivity index (χ1) is 15.5. The highest BCUT2D eigenvalue weighted by atomic mass is 16.6. The average Bonchev–Trinajstić information content (AvgIpc) is 3.31. The number of piperidine rings is 1. The number of benzene rings is 1. The molecule has 0 atom stereocenters. The van der Waals surface area contributed by atoms with Crippen molar-refractivity contribution < 1.29 is 14.5 Å². The summed E-state index contributed by atoms with van der Waals surface area (Å²) in [7, 11) is 0. The molecule has 1 saturated carbocycles. The number of likely N-dealkylation sites (tertiary alicyclic amines) is 1. The second-order valence-electron chi connectivity index (χ2n) is 8.44. The monoisotopic (exact) mass is 440 g/mol. The van der Waals surface area contributed by atoms with Gasteiger partial charge in [-0.3, -0.25) is 14.9 Å². The zero-order chi connectivity index (χ0) is 22.5. The molecule has 0 spiro atoms. The Balaban J connectivity index is 1.26. The Kier molecular flexibility index (Phi) is 6.67. The van der Waals surface area contributed by atoms with Crippen LogP contribution in [0.3, 0.4) is 0 Å². The lowest BCUT2D eigenvalue weighted by atomic mass is 9.95. The molecule has 1 aliphatic heterocycles. The lowest BCUT2D eigenvalue weighted by Gasteiger charge is -2.34. The van der Waals surface area contributed by atoms with Gasteiger partial charge < -0.3 is 15.5 Å². The summed E-state index contributed by atoms with van der Waals surface area (Å²) in [6.45, 7) is 1.22. The zero-order valence-corrected chi connectivity index (χ0v) is 17.9. The van der Waals surface area contributed by atoms with Crippen LogP contribution in [0.2, 0.25) is 0 Å². The third-order valence-electron chi connectivity index (χ3n) is 6.20. The summed E-state index contributed by atoms with van der Waals surface area (Å²) in [5.74, 6) is -0.268. The molecule has 1 aliphatic carbocycles. The molecule has 170 valence electrons. The van der Waals surface area contributed by atoms with E-state index in [1.807, 2.05) is 4.90 Å². The summed E-state index contributed by atoms with van der Waals surface area (Å²) in [6, 6.07) is 7.86. The number of nitro groups is 1. The molecule has 2 heterocycles. The maximum absolute atomic E-state index is 12.6. The van der Waals surface area contributed by atoms with Crippen LogP contribution in [-0.4, -0.2) is 56.7 Å². The van der Waals surface area contributed by atoms with Crippen molar-refractivity contribution in [2.75, 3.05) is 13.1 Å². The second kappa shape index (κ2) is 9.80. The quantitative estimate of drug-likeness (QED) is 0.547. The van der Waals surface area contributed by atoms with Gasteiger partial charge in [-0.2, -0.15) is 5.10 Å². The predicted molar refractivity (Wildman–Crippen MR) is 118 cm³/mol. The Morgan fingerprint density at radius 2 is 1.59 bits per heavy atom. The molecular formula is C22H28N6O4. The van der Waals surface area contributed by atoms with E-state index in [2.05, 4.69) is 15.7 Å². The number of hydrogen-bond acceptors (Lipinski definition) is 5. The van der Waals surface area contributed by atoms with E-state index < -0.39 is 4.92 Å². The normalized spacial score (nSPS) is 17.7. The van der Waals surface area contributed by atoms with Crippen molar-refractivity contribution >= 4 is 17.6 Å². The third kappa shape index (κ3) is 5.24. The Labute approximate surface area is 186 Å². The van der Waals surface area contributed by atoms with Crippen LogP contribution in [0.4, 0.5) is 10.5 Å². The van der Waals surface area contributed by atoms with Crippen molar-refractivity contribution in [1.29, 1.82) is 0 Å². The number of non-ortho nitro benzene ring substituents is 1. The minimum atomic E-state index is -0.462. The Morgan fingerprint density at radius 3 is 2.25 bits per heavy atom. The highest BCUT2D eigenvalue weighted by molar-refractivity contribution is 5.92. The molecule has 10 heteroatoms. The van der Waals surface area contributed by atoms with Gasteiger partial charge in [0.25, 0.3) is 11.6 Å². The number of rotatable bonds is 5. The van der Waals surface area contributed by atoms with E-state index in [9.17, 15) is 19.7 Å². The fourth-order valence-corrected chi connectivity index (χ4v) is 4.32. The smallest absolute Gasteiger partial charge is 0.317 e. The largest absolute Gasteiger partial charge is 0.348 e. The van der Waals surface area contributed by atoms with Crippen LogP contribution in [0.25, 0.3) is 5.69 Å². The zero-order valence-electron chi connectivity index (χ0n) is 17.9. The van der Waals surface area contributed by atoms with E-state index in [-0.39, 0.29) is 29.4 Å². The highest BCUT2D eigenvalue weighted by Gasteiger charge is 2.26. The molecule has 2 aromatic rings. The van der Waals surface area contributed by atoms with Gasteiger partial charge in [-0.25, -0.2) is 9.48 Å². The molecule has 1 aromatic heterocycles. The Hall–Kier alpha value is -3.43. The topological polar surface area (TPSA) is 122 Å². The molecule has 10 nitrogen and oxygen atoms in total. The molecule has 0 bridgehead atoms. The van der Waals surface area contributed by atoms with Crippen LogP contribution < -0.4 is 10.6 Å². The molecule has 1 saturated heterocycles. The number of urea groups is 1. The summed E-state index contributed by atoms with van der Waals surface area (Å²) in [6.07, 6.45) is 8.78. The van der Waals surface area contributed by atoms with E-state index in [0.717, 1.165) is 12.8 Å². The molecule has 3 amide bonds. The fourth-order valence-electron chi connectivity index (χ4n) is 4.32. The van der Waals surface area contributed by atoms with Crippen LogP contribution in [-0.2, 0) is 0 Å². The van der Waals surface area contributed by atoms with Gasteiger partial charge in [0.15, 0.2) is 5.69 Å². The van der Waals surface area contributed by atoms with Crippen molar-refractivity contribution in [2.45, 2.75) is 57.0 Å². The van der Waals surface area contributed by atoms with Gasteiger partial charge >= 0.3 is 6.03 Å². The third-order valence-corrected chi connectivity index (χ3v) is 6.20. The standard InChI is InChI=1S/C22H28N6O4/c29-21(20-12-15-27(25-20)18-6-8-19(9-7-18)28(31)32)23-17-10-13-26(14-11-17)22(30)24-16-4-2-1-3-5-16/h6-9,12,15-17H,1-5,10-11,13-14H2,(H,23,29)(H,24,30). The van der Waals surface area contributed by atoms with E-state index >= 15 is 0 Å². The number of nitrogens with one attached hydrogen (secondary N) is 2. The summed E-state index contributed by atoms with van der Waals surface area (Å²) in [4.78, 5) is 37.3. The second-order valence-corrected chi connectivity index (χ2v) is 8.44. The molecular weight excluding hydrogens is 412 g/mol. The first-order valence-corrected chi connectivity index (χ1v) is 11.2. The number of carbonyl (C=O) groups excluding carboxylic acids is 2. The van der Waals surface area contributed by atoms with Gasteiger partial charge in [0.2, 0.25) is 0 Å². The molecule has 0 unspecified atom stereocenters. The van der Waals surface area contributed by atoms with Crippen molar-refractivity contribution in [2.24, 2.45) is 0 Å². The molecule has 2 N–H and O–H groups in total. The van der Waals surface area contributed by atoms with Crippen molar-refractivity contribution in [3.63, 3.8) is 0 Å². The number of hydrogen-bond donors (Lipinski definition) is 2. The Bertz CT molecular complexity index is 959. The van der Waals surface area contributed by atoms with E-state index in [0.29, 0.717) is 37.7 Å². The summed E-state index contributed by atoms with van der Waals surface area (Å²) in [5, 5.41) is 21.2. The first-order valence-electron chi connectivity index (χ1n) is 11.2. The van der Waals surface area contributed by atoms with E-state index in [1.165, 1.54) is 36.1 Å². The number of amides is 3. The van der Waals surface area contributed by atoms with Crippen molar-refractivity contribution in [3.05, 3.63) is 52.3 Å². The van der Waals surface area contributed by atoms with Crippen LogP contribution in [0, 0.1) is 10.1 Å². The molecule has 2 aliphatic rings. The number of carbonyl (C=O) groups is 2. The van der Waals surface area contributed by atoms with Gasteiger partial charge in [0.1, 0.15) is 0 Å². The lowest BCUT2D eigenvalue weighted by molar-refractivity contribution is -0.384. The number of aromatic nitrogens is 2. The predicted octanol–water partition coefficient (Wildman–Crippen LogP) is 3.02. The minimum Gasteiger partial charge on any atom is -0.348 e. The SMILES string of the molecule is O=C(NC1CCN(C(=O)NC2CCCCC2)CC1)c1ccn(-c2ccc([N+](=O)[O-])cc2)n1. The van der Waals surface area contributed by atoms with Crippen LogP contribution in [0.1, 0.15) is 55.4 Å². The molecule has 2 fully saturated rings. The van der Waals surface area contributed by atoms with Crippen LogP contribution in [0.15, 0.2) is 36.5 Å². The number of nitrogens with zero attached hydrogens (tertiary/aromatic N) is 4. The van der Waals surface area contributed by atoms with Gasteiger partial charge in [-0.15, -0.1) is 0 Å². The van der Waals surface area contributed by atoms with Gasteiger partial charge in [0, 0.05) is 43.5 Å². The molecule has 4 rings (SSSR count). The number of nitro benzene ring substituents is 1. The Morgan fingerprint density at radius 1 is 0.938 bits per heavy atom. The van der Waals surface area contributed by atoms with E-state index in [4.69, 9.17) is 0 Å². The lowest BCUT2D eigenvalue weighted by Crippen LogP contribution is -2.51. The summed E-state index contributed by atoms with van der Waals surface area (Å²) in [5.41, 5.74) is 0.908. The van der Waals surface area contributed by atoms with E-state index in [1.54, 1.807) is 24.4 Å². The maximum atomic E-state index is 12.6. The minimum absolute atomic E-state index is 0.00219. The first kappa shape index (κ1) is 21.8. The fraction of sp³-hybridized carbons (Fsp3) is 0.500. The van der Waals surface area contributed by atoms with Crippen LogP contribution >= 0.6 is 0 Å². The summed E-state index contributed by atoms with van der Waals surface area (Å²) >= 11 is 0. The van der Waals surface area contributed by atoms with Gasteiger partial charge in [-0.05, 0) is 43.9 Å². The van der Waals surface area contributed by atoms with Gasteiger partial charge in [-0.1, -0.05) is 19.3 Å². The molecule has 0 radical (unpaired) electrons. The molecule has 1 aromatic carbocycles. The van der Waals surface area contributed by atoms with Crippen molar-refractivity contribution in [3.8, 4) is 5.69 Å². The average molecular weight is 441 g/mol. The van der Waals surface area contributed by atoms with Crippen molar-refractivity contribution in [1.82, 2.24) is 25.3 Å². The van der Waals surface area contributed by atoms with Crippen LogP contribution in [0.5, 0.6) is 0 Å². The van der Waals surface area contributed by atoms with Gasteiger partial charge in [0.05, 0.1) is 10.6 Å². The maximum Gasteiger partial charge on any atom is 0.317 e.